The van der Waals surface area contributed by atoms with Gasteiger partial charge in [0.25, 0.3) is 0 Å². The smallest absolute Gasteiger partial charge is 0.216 e. The second-order valence-electron chi connectivity index (χ2n) is 8.71. The van der Waals surface area contributed by atoms with Gasteiger partial charge in [-0.15, -0.1) is 0 Å². The SMILES string of the molecule is COc1ncc(N2CCc3ncnc(-c4ccc(NCC5CCOCC5)nc4)c3C2)cc1C. The molecule has 0 spiro atoms. The molecule has 2 aliphatic heterocycles. The molecule has 1 fully saturated rings. The molecule has 8 nitrogen and oxygen atoms in total. The fourth-order valence-corrected chi connectivity index (χ4v) is 4.58. The molecule has 5 rings (SSSR count). The van der Waals surface area contributed by atoms with Crippen LogP contribution in [0.15, 0.2) is 36.9 Å². The highest BCUT2D eigenvalue weighted by Gasteiger charge is 2.23. The van der Waals surface area contributed by atoms with E-state index in [4.69, 9.17) is 9.47 Å². The van der Waals surface area contributed by atoms with E-state index in [1.165, 1.54) is 0 Å². The van der Waals surface area contributed by atoms with Crippen molar-refractivity contribution < 1.29 is 9.47 Å². The Morgan fingerprint density at radius 2 is 2.00 bits per heavy atom. The Kier molecular flexibility index (Phi) is 6.35. The highest BCUT2D eigenvalue weighted by Crippen LogP contribution is 2.31. The van der Waals surface area contributed by atoms with Crippen molar-refractivity contribution >= 4 is 11.5 Å². The lowest BCUT2D eigenvalue weighted by Crippen LogP contribution is -2.31. The summed E-state index contributed by atoms with van der Waals surface area (Å²) in [5, 5.41) is 3.47. The van der Waals surface area contributed by atoms with Crippen LogP contribution < -0.4 is 15.0 Å². The summed E-state index contributed by atoms with van der Waals surface area (Å²) in [6.07, 6.45) is 8.54. The van der Waals surface area contributed by atoms with Gasteiger partial charge >= 0.3 is 0 Å². The normalized spacial score (nSPS) is 16.4. The average Bonchev–Trinajstić information content (AvgIpc) is 2.88. The monoisotopic (exact) mass is 446 g/mol. The summed E-state index contributed by atoms with van der Waals surface area (Å²) in [7, 11) is 1.65. The standard InChI is InChI=1S/C25H30N6O2/c1-17-11-20(14-28-25(17)32-2)31-8-5-22-21(15-31)24(30-16-29-22)19-3-4-23(27-13-19)26-12-18-6-9-33-10-7-18/h3-4,11,13-14,16,18H,5-10,12,15H2,1-2H3,(H,26,27). The van der Waals surface area contributed by atoms with E-state index in [1.807, 2.05) is 25.4 Å². The number of fused-ring (bicyclic) bond motifs is 1. The van der Waals surface area contributed by atoms with Gasteiger partial charge < -0.3 is 19.7 Å². The topological polar surface area (TPSA) is 85.3 Å². The number of methoxy groups -OCH3 is 1. The number of hydrogen-bond donors (Lipinski definition) is 1. The first-order valence-corrected chi connectivity index (χ1v) is 11.6. The number of nitrogens with zero attached hydrogens (tertiary/aromatic N) is 5. The third-order valence-electron chi connectivity index (χ3n) is 6.53. The lowest BCUT2D eigenvalue weighted by molar-refractivity contribution is 0.0699. The predicted molar refractivity (Wildman–Crippen MR) is 128 cm³/mol. The largest absolute Gasteiger partial charge is 0.481 e. The number of rotatable bonds is 6. The molecular weight excluding hydrogens is 416 g/mol. The predicted octanol–water partition coefficient (Wildman–Crippen LogP) is 3.65. The van der Waals surface area contributed by atoms with E-state index in [-0.39, 0.29) is 0 Å². The van der Waals surface area contributed by atoms with E-state index in [0.717, 1.165) is 91.7 Å². The first kappa shape index (κ1) is 21.6. The maximum atomic E-state index is 5.45. The second kappa shape index (κ2) is 9.70. The first-order chi connectivity index (χ1) is 16.2. The number of ether oxygens (including phenoxy) is 2. The lowest BCUT2D eigenvalue weighted by atomic mass is 9.99. The second-order valence-corrected chi connectivity index (χ2v) is 8.71. The maximum absolute atomic E-state index is 5.45. The van der Waals surface area contributed by atoms with Crippen molar-refractivity contribution in [3.8, 4) is 17.1 Å². The first-order valence-electron chi connectivity index (χ1n) is 11.6. The van der Waals surface area contributed by atoms with Crippen LogP contribution in [-0.2, 0) is 17.7 Å². The zero-order chi connectivity index (χ0) is 22.6. The molecule has 0 aromatic carbocycles. The Bertz CT molecular complexity index is 1100. The van der Waals surface area contributed by atoms with Crippen LogP contribution in [0.1, 0.15) is 29.7 Å². The van der Waals surface area contributed by atoms with Gasteiger partial charge in [0.2, 0.25) is 5.88 Å². The van der Waals surface area contributed by atoms with Gasteiger partial charge in [-0.1, -0.05) is 0 Å². The summed E-state index contributed by atoms with van der Waals surface area (Å²) in [6, 6.07) is 6.27. The van der Waals surface area contributed by atoms with E-state index < -0.39 is 0 Å². The fraction of sp³-hybridized carbons (Fsp3) is 0.440. The Hall–Kier alpha value is -3.26. The molecule has 172 valence electrons. The molecular formula is C25H30N6O2. The zero-order valence-corrected chi connectivity index (χ0v) is 19.3. The number of hydrogen-bond acceptors (Lipinski definition) is 8. The molecule has 3 aromatic heterocycles. The number of anilines is 2. The Morgan fingerprint density at radius 3 is 2.76 bits per heavy atom. The molecule has 0 bridgehead atoms. The molecule has 2 aliphatic rings. The quantitative estimate of drug-likeness (QED) is 0.614. The summed E-state index contributed by atoms with van der Waals surface area (Å²) < 4.78 is 10.8. The number of aryl methyl sites for hydroxylation is 1. The minimum Gasteiger partial charge on any atom is -0.481 e. The molecule has 0 saturated carbocycles. The van der Waals surface area contributed by atoms with Crippen LogP contribution in [0.5, 0.6) is 5.88 Å². The van der Waals surface area contributed by atoms with Crippen LogP contribution in [0.25, 0.3) is 11.3 Å². The van der Waals surface area contributed by atoms with Gasteiger partial charge in [0.05, 0.1) is 30.4 Å². The van der Waals surface area contributed by atoms with Gasteiger partial charge in [-0.3, -0.25) is 0 Å². The lowest BCUT2D eigenvalue weighted by Gasteiger charge is -2.31. The highest BCUT2D eigenvalue weighted by atomic mass is 16.5. The van der Waals surface area contributed by atoms with Gasteiger partial charge in [0.15, 0.2) is 0 Å². The van der Waals surface area contributed by atoms with Crippen LogP contribution in [0, 0.1) is 12.8 Å². The Balaban J connectivity index is 1.33. The van der Waals surface area contributed by atoms with E-state index in [0.29, 0.717) is 11.8 Å². The minimum absolute atomic E-state index is 0.649. The molecule has 5 heterocycles. The number of nitrogens with one attached hydrogen (secondary N) is 1. The molecule has 1 N–H and O–H groups in total. The molecule has 1 saturated heterocycles. The van der Waals surface area contributed by atoms with Crippen molar-refractivity contribution in [2.24, 2.45) is 5.92 Å². The van der Waals surface area contributed by atoms with Crippen molar-refractivity contribution in [1.82, 2.24) is 19.9 Å². The zero-order valence-electron chi connectivity index (χ0n) is 19.3. The molecule has 0 aliphatic carbocycles. The van der Waals surface area contributed by atoms with Gasteiger partial charge in [-0.25, -0.2) is 19.9 Å². The average molecular weight is 447 g/mol. The van der Waals surface area contributed by atoms with Crippen molar-refractivity contribution in [1.29, 1.82) is 0 Å². The van der Waals surface area contributed by atoms with Gasteiger partial charge in [-0.2, -0.15) is 0 Å². The van der Waals surface area contributed by atoms with Crippen molar-refractivity contribution in [2.45, 2.75) is 32.7 Å². The summed E-state index contributed by atoms with van der Waals surface area (Å²) in [5.41, 5.74) is 6.33. The molecule has 0 atom stereocenters. The van der Waals surface area contributed by atoms with E-state index >= 15 is 0 Å². The van der Waals surface area contributed by atoms with Crippen molar-refractivity contribution in [3.05, 3.63) is 53.7 Å². The maximum Gasteiger partial charge on any atom is 0.216 e. The van der Waals surface area contributed by atoms with Gasteiger partial charge in [0.1, 0.15) is 12.1 Å². The van der Waals surface area contributed by atoms with Crippen LogP contribution in [0.4, 0.5) is 11.5 Å². The van der Waals surface area contributed by atoms with Gasteiger partial charge in [0, 0.05) is 62.2 Å². The molecule has 0 amide bonds. The molecule has 33 heavy (non-hydrogen) atoms. The van der Waals surface area contributed by atoms with Gasteiger partial charge in [-0.05, 0) is 43.9 Å². The van der Waals surface area contributed by atoms with Crippen LogP contribution >= 0.6 is 0 Å². The number of aromatic nitrogens is 4. The van der Waals surface area contributed by atoms with Crippen molar-refractivity contribution in [3.63, 3.8) is 0 Å². The van der Waals surface area contributed by atoms with Crippen LogP contribution in [0.2, 0.25) is 0 Å². The summed E-state index contributed by atoms with van der Waals surface area (Å²) in [4.78, 5) is 20.6. The molecule has 3 aromatic rings. The van der Waals surface area contributed by atoms with Crippen LogP contribution in [-0.4, -0.2) is 53.3 Å². The molecule has 0 radical (unpaired) electrons. The van der Waals surface area contributed by atoms with E-state index in [9.17, 15) is 0 Å². The van der Waals surface area contributed by atoms with Crippen LogP contribution in [0.3, 0.4) is 0 Å². The highest BCUT2D eigenvalue weighted by molar-refractivity contribution is 5.66. The molecule has 0 unspecified atom stereocenters. The number of pyridine rings is 2. The third kappa shape index (κ3) is 4.75. The molecule has 8 heteroatoms. The fourth-order valence-electron chi connectivity index (χ4n) is 4.58. The summed E-state index contributed by atoms with van der Waals surface area (Å²) in [6.45, 7) is 6.31. The summed E-state index contributed by atoms with van der Waals surface area (Å²) in [5.74, 6) is 2.21. The Labute approximate surface area is 194 Å². The van der Waals surface area contributed by atoms with E-state index in [2.05, 4.69) is 42.3 Å². The summed E-state index contributed by atoms with van der Waals surface area (Å²) >= 11 is 0. The van der Waals surface area contributed by atoms with Crippen molar-refractivity contribution in [2.75, 3.05) is 43.6 Å². The minimum atomic E-state index is 0.649. The Morgan fingerprint density at radius 1 is 1.12 bits per heavy atom. The third-order valence-corrected chi connectivity index (χ3v) is 6.53. The van der Waals surface area contributed by atoms with E-state index in [1.54, 1.807) is 13.4 Å².